The van der Waals surface area contributed by atoms with Crippen molar-refractivity contribution in [2.75, 3.05) is 0 Å². The lowest BCUT2D eigenvalue weighted by molar-refractivity contribution is 0.426. The van der Waals surface area contributed by atoms with E-state index in [1.54, 1.807) is 18.2 Å². The van der Waals surface area contributed by atoms with Gasteiger partial charge in [0.15, 0.2) is 0 Å². The highest BCUT2D eigenvalue weighted by Crippen LogP contribution is 2.53. The maximum atomic E-state index is 9.12. The summed E-state index contributed by atoms with van der Waals surface area (Å²) in [6, 6.07) is 153. The van der Waals surface area contributed by atoms with Crippen LogP contribution in [0.5, 0.6) is 0 Å². The first-order valence-electron chi connectivity index (χ1n) is 46.1. The van der Waals surface area contributed by atoms with Gasteiger partial charge in [0.05, 0.1) is 0 Å². The number of rotatable bonds is 8. The van der Waals surface area contributed by atoms with Crippen LogP contribution < -0.4 is 5.46 Å². The fraction of sp³-hybridized carbons (Fsp3) is 0.0476. The van der Waals surface area contributed by atoms with Crippen LogP contribution >= 0.6 is 147 Å². The Morgan fingerprint density at radius 2 is 0.475 bits per heavy atom. The van der Waals surface area contributed by atoms with Gasteiger partial charge in [0.2, 0.25) is 0 Å². The number of fused-ring (bicyclic) bond motifs is 18. The van der Waals surface area contributed by atoms with Gasteiger partial charge < -0.3 is 27.7 Å². The van der Waals surface area contributed by atoms with Crippen LogP contribution in [0.3, 0.4) is 0 Å². The SMILES string of the molecule is Brc1ccc(-c2ccc(-c3cccc4c3oc3ccccc34)cc2)cc1.Brc1ccc(-c2ccc(I)cc2)cc1.Brc1ccc(-c2cccc3c2oc2ccccc23)cc1.CC1(C)c2cc(Br)ccc2-c2ccc(-c3cccc4c3oc3ccccc34)cc21.CC1(C)c2cc(Br)ccc2-c2ccc(I)cc21.Ic1ccc(-c2cccc(-c3ccccc3)c2)cc1.OB(O)c1ccc2oc3ccccc3c2c1. The molecule has 4 aromatic heterocycles. The van der Waals surface area contributed by atoms with Crippen molar-refractivity contribution in [3.05, 3.63) is 498 Å². The highest BCUT2D eigenvalue weighted by Gasteiger charge is 2.37. The van der Waals surface area contributed by atoms with Crippen molar-refractivity contribution in [2.45, 2.75) is 38.5 Å². The zero-order valence-electron chi connectivity index (χ0n) is 76.8. The minimum Gasteiger partial charge on any atom is -0.456 e. The van der Waals surface area contributed by atoms with E-state index in [1.165, 1.54) is 127 Å². The van der Waals surface area contributed by atoms with Gasteiger partial charge in [-0.1, -0.05) is 411 Å². The van der Waals surface area contributed by atoms with E-state index in [9.17, 15) is 0 Å². The quantitative estimate of drug-likeness (QED) is 0.116. The second-order valence-corrected chi connectivity index (χ2v) is 44.0. The highest BCUT2D eigenvalue weighted by molar-refractivity contribution is 14.1. The Balaban J connectivity index is 0.000000102. The lowest BCUT2D eigenvalue weighted by Gasteiger charge is -2.22. The van der Waals surface area contributed by atoms with E-state index in [4.69, 9.17) is 27.7 Å². The normalized spacial score (nSPS) is 12.2. The molecule has 0 saturated carbocycles. The Bertz CT molecular complexity index is 8620. The molecule has 26 rings (SSSR count). The summed E-state index contributed by atoms with van der Waals surface area (Å²) in [4.78, 5) is 0. The number of furan rings is 4. The first-order chi connectivity index (χ1) is 68.5. The Labute approximate surface area is 902 Å². The van der Waals surface area contributed by atoms with Crippen molar-refractivity contribution >= 4 is 248 Å². The van der Waals surface area contributed by atoms with Crippen molar-refractivity contribution in [2.24, 2.45) is 0 Å². The van der Waals surface area contributed by atoms with Crippen molar-refractivity contribution in [1.29, 1.82) is 0 Å². The largest absolute Gasteiger partial charge is 0.488 e. The lowest BCUT2D eigenvalue weighted by atomic mass is 9.80. The minimum atomic E-state index is -1.45. The zero-order chi connectivity index (χ0) is 97.2. The molecule has 0 atom stereocenters. The van der Waals surface area contributed by atoms with E-state index < -0.39 is 7.12 Å². The predicted octanol–water partition coefficient (Wildman–Crippen LogP) is 39.0. The first kappa shape index (κ1) is 96.7. The molecule has 0 radical (unpaired) electrons. The molecule has 15 heteroatoms. The third-order valence-electron chi connectivity index (χ3n) is 26.2. The molecular weight excluding hydrogens is 2400 g/mol. The topological polar surface area (TPSA) is 93.0 Å². The summed E-state index contributed by atoms with van der Waals surface area (Å²) in [5, 5.41) is 27.1. The summed E-state index contributed by atoms with van der Waals surface area (Å²) in [5.74, 6) is 0. The van der Waals surface area contributed by atoms with Crippen LogP contribution in [0.2, 0.25) is 0 Å². The van der Waals surface area contributed by atoms with E-state index in [-0.39, 0.29) is 10.8 Å². The van der Waals surface area contributed by atoms with Crippen LogP contribution in [0, 0.1) is 10.7 Å². The molecule has 4 heterocycles. The molecule has 20 aromatic carbocycles. The van der Waals surface area contributed by atoms with E-state index in [0.717, 1.165) is 116 Å². The number of hydrogen-bond donors (Lipinski definition) is 2. The summed E-state index contributed by atoms with van der Waals surface area (Å²) >= 11 is 24.6. The fourth-order valence-electron chi connectivity index (χ4n) is 18.9. The van der Waals surface area contributed by atoms with E-state index in [2.05, 4.69) is 527 Å². The molecule has 2 aliphatic carbocycles. The Morgan fingerprint density at radius 1 is 0.199 bits per heavy atom. The van der Waals surface area contributed by atoms with Gasteiger partial charge in [-0.3, -0.25) is 0 Å². The molecule has 686 valence electrons. The van der Waals surface area contributed by atoms with Crippen LogP contribution in [0.15, 0.2) is 483 Å². The van der Waals surface area contributed by atoms with Gasteiger partial charge in [0.1, 0.15) is 44.7 Å². The Morgan fingerprint density at radius 3 is 0.901 bits per heavy atom. The number of hydrogen-bond acceptors (Lipinski definition) is 6. The van der Waals surface area contributed by atoms with Crippen LogP contribution in [0.1, 0.15) is 49.9 Å². The van der Waals surface area contributed by atoms with Gasteiger partial charge >= 0.3 is 7.12 Å². The van der Waals surface area contributed by atoms with Crippen LogP contribution in [-0.2, 0) is 10.8 Å². The molecule has 0 aliphatic heterocycles. The molecule has 0 amide bonds. The molecule has 24 aromatic rings. The van der Waals surface area contributed by atoms with E-state index in [0.29, 0.717) is 5.46 Å². The summed E-state index contributed by atoms with van der Waals surface area (Å²) in [6.07, 6.45) is 0. The molecule has 0 saturated heterocycles. The van der Waals surface area contributed by atoms with Crippen molar-refractivity contribution in [3.8, 4) is 100 Å². The second kappa shape index (κ2) is 42.4. The van der Waals surface area contributed by atoms with Crippen LogP contribution in [0.25, 0.3) is 188 Å². The molecule has 0 unspecified atom stereocenters. The maximum Gasteiger partial charge on any atom is 0.488 e. The predicted molar refractivity (Wildman–Crippen MR) is 634 cm³/mol. The van der Waals surface area contributed by atoms with Crippen LogP contribution in [-0.4, -0.2) is 17.2 Å². The monoisotopic (exact) mass is 2480 g/mol. The van der Waals surface area contributed by atoms with Gasteiger partial charge in [-0.25, -0.2) is 0 Å². The molecule has 2 N–H and O–H groups in total. The van der Waals surface area contributed by atoms with Crippen molar-refractivity contribution in [3.63, 3.8) is 0 Å². The van der Waals surface area contributed by atoms with E-state index in [1.807, 2.05) is 72.8 Å². The Hall–Kier alpha value is -11.8. The van der Waals surface area contributed by atoms with Gasteiger partial charge in [-0.15, -0.1) is 0 Å². The molecule has 0 fully saturated rings. The minimum absolute atomic E-state index is 0.0355. The molecule has 0 spiro atoms. The average Bonchev–Trinajstić information content (AvgIpc) is 1.58. The van der Waals surface area contributed by atoms with Gasteiger partial charge in [0.25, 0.3) is 0 Å². The number of para-hydroxylation sites is 7. The third-order valence-corrected chi connectivity index (χ3v) is 30.8. The average molecular weight is 2490 g/mol. The Kier molecular flexibility index (Phi) is 29.1. The lowest BCUT2D eigenvalue weighted by Crippen LogP contribution is -2.29. The maximum absolute atomic E-state index is 9.12. The fourth-order valence-corrected chi connectivity index (χ4v) is 21.7. The highest BCUT2D eigenvalue weighted by atomic mass is 127. The number of halogens is 8. The van der Waals surface area contributed by atoms with Crippen LogP contribution in [0.4, 0.5) is 0 Å². The van der Waals surface area contributed by atoms with Crippen molar-refractivity contribution < 1.29 is 27.7 Å². The summed E-state index contributed by atoms with van der Waals surface area (Å²) < 4.78 is 33.5. The summed E-state index contributed by atoms with van der Waals surface area (Å²) in [5.41, 5.74) is 35.7. The smallest absolute Gasteiger partial charge is 0.456 e. The molecular formula is C126H87BBr5I3O6. The summed E-state index contributed by atoms with van der Waals surface area (Å²) in [7, 11) is -1.45. The first-order valence-corrected chi connectivity index (χ1v) is 53.3. The zero-order valence-corrected chi connectivity index (χ0v) is 91.2. The second-order valence-electron chi connectivity index (χ2n) is 35.7. The van der Waals surface area contributed by atoms with Gasteiger partial charge in [0, 0.05) is 104 Å². The number of benzene rings is 20. The standard InChI is InChI=1S/C27H19BrO.C24H15BrO.C18H11BrO.C18H13I.C15H12BrI.C12H9BO3.C12H8BrI/c1-27(2)23-14-16(10-12-19(23)20-13-11-17(28)15-24(20)27)18-7-5-8-22-21-6-3-4-9-25(21)29-26(18)22;25-19-14-12-17(13-15-19)16-8-10-18(11-9-16)20-5-3-6-22-21-4-1-2-7-23(21)26-24(20)22;19-13-10-8-12(9-11-13)14-5-3-6-16-15-4-1-2-7-17(15)20-18(14)16;19-18-11-9-15(10-12-18)17-8-4-7-16(13-17)14-5-2-1-3-6-14;1-15(2)13-7-9(16)3-5-11(13)12-6-4-10(17)8-14(12)15;14-13(15)8-5-6-12-10(7-8)9-3-1-2-4-11(9)16-12;13-11-5-1-9(2-6-11)10-3-7-12(14)8-4-10/h3-15H,1-2H3;1-15H;1-11H;1-13H;3-8H,1-2H3;1-7,14-15H;1-8H. The van der Waals surface area contributed by atoms with Gasteiger partial charge in [-0.2, -0.15) is 0 Å². The van der Waals surface area contributed by atoms with E-state index >= 15 is 0 Å². The molecule has 2 aliphatic rings. The molecule has 6 nitrogen and oxygen atoms in total. The van der Waals surface area contributed by atoms with Gasteiger partial charge in [-0.05, 0) is 318 Å². The third kappa shape index (κ3) is 20.8. The molecule has 0 bridgehead atoms. The molecule has 141 heavy (non-hydrogen) atoms. The summed E-state index contributed by atoms with van der Waals surface area (Å²) in [6.45, 7) is 9.24. The van der Waals surface area contributed by atoms with Crippen molar-refractivity contribution in [1.82, 2.24) is 0 Å².